The van der Waals surface area contributed by atoms with Gasteiger partial charge in [0.2, 0.25) is 5.95 Å². The van der Waals surface area contributed by atoms with Crippen molar-refractivity contribution in [3.8, 4) is 0 Å². The number of nitrogens with zero attached hydrogens (tertiary/aromatic N) is 2. The molecule has 0 amide bonds. The van der Waals surface area contributed by atoms with Crippen LogP contribution in [0.3, 0.4) is 0 Å². The Labute approximate surface area is 135 Å². The first-order chi connectivity index (χ1) is 11.1. The Kier molecular flexibility index (Phi) is 4.24. The van der Waals surface area contributed by atoms with Crippen molar-refractivity contribution < 1.29 is 4.39 Å². The number of benzene rings is 1. The van der Waals surface area contributed by atoms with Crippen molar-refractivity contribution in [2.24, 2.45) is 5.92 Å². The van der Waals surface area contributed by atoms with E-state index in [0.29, 0.717) is 17.3 Å². The molecule has 1 aliphatic carbocycles. The number of anilines is 1. The average molecular weight is 309 g/mol. The van der Waals surface area contributed by atoms with Gasteiger partial charge in [0.05, 0.1) is 5.52 Å². The fourth-order valence-corrected chi connectivity index (χ4v) is 2.76. The lowest BCUT2D eigenvalue weighted by molar-refractivity contribution is 0.629. The van der Waals surface area contributed by atoms with Gasteiger partial charge in [-0.1, -0.05) is 31.6 Å². The van der Waals surface area contributed by atoms with Crippen molar-refractivity contribution >= 4 is 16.9 Å². The molecule has 0 saturated carbocycles. The Bertz CT molecular complexity index is 834. The van der Waals surface area contributed by atoms with E-state index in [1.807, 2.05) is 6.08 Å². The van der Waals surface area contributed by atoms with Gasteiger partial charge in [0.25, 0.3) is 0 Å². The summed E-state index contributed by atoms with van der Waals surface area (Å²) in [6.07, 6.45) is 9.07. The Morgan fingerprint density at radius 3 is 2.87 bits per heavy atom. The van der Waals surface area contributed by atoms with E-state index in [4.69, 9.17) is 0 Å². The maximum Gasteiger partial charge on any atom is 0.227 e. The number of fused-ring (bicyclic) bond motifs is 1. The van der Waals surface area contributed by atoms with Crippen LogP contribution in [0.1, 0.15) is 27.2 Å². The lowest BCUT2D eigenvalue weighted by atomic mass is 9.90. The molecule has 1 aromatic carbocycles. The second-order valence-electron chi connectivity index (χ2n) is 5.85. The van der Waals surface area contributed by atoms with Gasteiger partial charge in [0.1, 0.15) is 5.82 Å². The molecule has 0 bridgehead atoms. The maximum absolute atomic E-state index is 13.2. The average Bonchev–Trinajstić information content (AvgIpc) is 2.54. The molecular formula is C19H20FN3. The summed E-state index contributed by atoms with van der Waals surface area (Å²) in [6, 6.07) is 4.51. The number of hydrogen-bond donors (Lipinski definition) is 1. The monoisotopic (exact) mass is 309 g/mol. The van der Waals surface area contributed by atoms with Crippen LogP contribution in [0.4, 0.5) is 10.3 Å². The van der Waals surface area contributed by atoms with Crippen LogP contribution in [-0.4, -0.2) is 9.97 Å². The Morgan fingerprint density at radius 1 is 1.30 bits per heavy atom. The van der Waals surface area contributed by atoms with E-state index < -0.39 is 0 Å². The van der Waals surface area contributed by atoms with E-state index >= 15 is 0 Å². The standard InChI is InChI=1S/C19H20FN3/c1-4-12(2)17-7-6-16(9-13(17)3)22-19-21-11-14-10-15(20)5-8-18(14)23-19/h5-11,13H,4H2,1-3H3,(H,21,22,23)/b17-12+. The molecule has 1 aromatic heterocycles. The smallest absolute Gasteiger partial charge is 0.227 e. The predicted molar refractivity (Wildman–Crippen MR) is 92.5 cm³/mol. The van der Waals surface area contributed by atoms with Crippen molar-refractivity contribution in [1.82, 2.24) is 9.97 Å². The first kappa shape index (κ1) is 15.4. The molecule has 0 aliphatic heterocycles. The molecule has 3 rings (SSSR count). The second kappa shape index (κ2) is 6.32. The SMILES string of the molecule is CC/C(C)=C1\C=CC(Nc2ncc3cc(F)ccc3n2)=CC1C. The number of halogens is 1. The van der Waals surface area contributed by atoms with Crippen molar-refractivity contribution in [2.45, 2.75) is 27.2 Å². The molecule has 23 heavy (non-hydrogen) atoms. The number of hydrogen-bond acceptors (Lipinski definition) is 3. The largest absolute Gasteiger partial charge is 0.324 e. The normalized spacial score (nSPS) is 19.7. The Morgan fingerprint density at radius 2 is 2.13 bits per heavy atom. The van der Waals surface area contributed by atoms with Gasteiger partial charge in [-0.2, -0.15) is 0 Å². The molecule has 0 spiro atoms. The van der Waals surface area contributed by atoms with Crippen LogP contribution in [0.25, 0.3) is 10.9 Å². The lowest BCUT2D eigenvalue weighted by Crippen LogP contribution is -2.09. The topological polar surface area (TPSA) is 37.8 Å². The molecule has 0 radical (unpaired) electrons. The minimum atomic E-state index is -0.279. The van der Waals surface area contributed by atoms with Crippen molar-refractivity contribution in [2.75, 3.05) is 5.32 Å². The van der Waals surface area contributed by atoms with Crippen LogP contribution >= 0.6 is 0 Å². The highest BCUT2D eigenvalue weighted by Gasteiger charge is 2.12. The second-order valence-corrected chi connectivity index (χ2v) is 5.85. The zero-order chi connectivity index (χ0) is 16.4. The maximum atomic E-state index is 13.2. The zero-order valence-electron chi connectivity index (χ0n) is 13.6. The first-order valence-corrected chi connectivity index (χ1v) is 7.85. The third-order valence-corrected chi connectivity index (χ3v) is 4.18. The molecule has 0 saturated heterocycles. The van der Waals surface area contributed by atoms with E-state index in [1.165, 1.54) is 23.3 Å². The van der Waals surface area contributed by atoms with E-state index in [-0.39, 0.29) is 5.82 Å². The molecule has 1 atom stereocenters. The van der Waals surface area contributed by atoms with Crippen LogP contribution in [0, 0.1) is 11.7 Å². The molecule has 4 heteroatoms. The minimum absolute atomic E-state index is 0.279. The molecule has 2 aromatic rings. The predicted octanol–water partition coefficient (Wildman–Crippen LogP) is 5.00. The van der Waals surface area contributed by atoms with E-state index in [9.17, 15) is 4.39 Å². The summed E-state index contributed by atoms with van der Waals surface area (Å²) in [5, 5.41) is 3.93. The highest BCUT2D eigenvalue weighted by atomic mass is 19.1. The zero-order valence-corrected chi connectivity index (χ0v) is 13.6. The molecule has 1 heterocycles. The molecule has 0 fully saturated rings. The van der Waals surface area contributed by atoms with Gasteiger partial charge in [-0.3, -0.25) is 0 Å². The lowest BCUT2D eigenvalue weighted by Gasteiger charge is -2.19. The van der Waals surface area contributed by atoms with Crippen LogP contribution in [0.15, 0.2) is 59.5 Å². The number of nitrogens with one attached hydrogen (secondary N) is 1. The van der Waals surface area contributed by atoms with Crippen LogP contribution in [0.2, 0.25) is 0 Å². The molecule has 1 unspecified atom stereocenters. The fourth-order valence-electron chi connectivity index (χ4n) is 2.76. The van der Waals surface area contributed by atoms with Crippen molar-refractivity contribution in [3.05, 3.63) is 65.3 Å². The van der Waals surface area contributed by atoms with Gasteiger partial charge in [-0.25, -0.2) is 14.4 Å². The van der Waals surface area contributed by atoms with Crippen LogP contribution < -0.4 is 5.32 Å². The summed E-state index contributed by atoms with van der Waals surface area (Å²) < 4.78 is 13.2. The molecule has 1 aliphatic rings. The Balaban J connectivity index is 1.83. The highest BCUT2D eigenvalue weighted by molar-refractivity contribution is 5.78. The van der Waals surface area contributed by atoms with E-state index in [1.54, 1.807) is 12.3 Å². The summed E-state index contributed by atoms with van der Waals surface area (Å²) in [7, 11) is 0. The van der Waals surface area contributed by atoms with Crippen LogP contribution in [-0.2, 0) is 0 Å². The fraction of sp³-hybridized carbons (Fsp3) is 0.263. The van der Waals surface area contributed by atoms with Gasteiger partial charge in [0.15, 0.2) is 0 Å². The quantitative estimate of drug-likeness (QED) is 0.867. The van der Waals surface area contributed by atoms with Gasteiger partial charge in [-0.05, 0) is 43.2 Å². The van der Waals surface area contributed by atoms with Crippen molar-refractivity contribution in [1.29, 1.82) is 0 Å². The molecule has 1 N–H and O–H groups in total. The highest BCUT2D eigenvalue weighted by Crippen LogP contribution is 2.26. The summed E-state index contributed by atoms with van der Waals surface area (Å²) in [6.45, 7) is 6.53. The van der Waals surface area contributed by atoms with Crippen molar-refractivity contribution in [3.63, 3.8) is 0 Å². The summed E-state index contributed by atoms with van der Waals surface area (Å²) >= 11 is 0. The molecular weight excluding hydrogens is 289 g/mol. The number of allylic oxidation sites excluding steroid dienone is 5. The number of aromatic nitrogens is 2. The summed E-state index contributed by atoms with van der Waals surface area (Å²) in [5.41, 5.74) is 4.48. The minimum Gasteiger partial charge on any atom is -0.324 e. The number of rotatable bonds is 3. The van der Waals surface area contributed by atoms with E-state index in [2.05, 4.69) is 48.2 Å². The summed E-state index contributed by atoms with van der Waals surface area (Å²) in [4.78, 5) is 8.69. The van der Waals surface area contributed by atoms with Crippen LogP contribution in [0.5, 0.6) is 0 Å². The van der Waals surface area contributed by atoms with Gasteiger partial charge < -0.3 is 5.32 Å². The molecule has 3 nitrogen and oxygen atoms in total. The Hall–Kier alpha value is -2.49. The third-order valence-electron chi connectivity index (χ3n) is 4.18. The summed E-state index contributed by atoms with van der Waals surface area (Å²) in [5.74, 6) is 0.600. The van der Waals surface area contributed by atoms with Gasteiger partial charge in [-0.15, -0.1) is 0 Å². The third kappa shape index (κ3) is 3.31. The molecule has 118 valence electrons. The van der Waals surface area contributed by atoms with Gasteiger partial charge >= 0.3 is 0 Å². The van der Waals surface area contributed by atoms with E-state index in [0.717, 1.165) is 17.6 Å². The van der Waals surface area contributed by atoms with Gasteiger partial charge in [0, 0.05) is 23.2 Å². The first-order valence-electron chi connectivity index (χ1n) is 7.85.